The predicted molar refractivity (Wildman–Crippen MR) is 67.2 cm³/mol. The molecule has 1 atom stereocenters. The predicted octanol–water partition coefficient (Wildman–Crippen LogP) is 1.04. The second-order valence-electron chi connectivity index (χ2n) is 4.66. The normalized spacial score (nSPS) is 20.6. The van der Waals surface area contributed by atoms with Crippen molar-refractivity contribution in [3.05, 3.63) is 29.3 Å². The number of anilines is 1. The Hall–Kier alpha value is -2.17. The van der Waals surface area contributed by atoms with Crippen LogP contribution in [0.25, 0.3) is 0 Å². The maximum Gasteiger partial charge on any atom is 0.240 e. The quantitative estimate of drug-likeness (QED) is 0.773. The third kappa shape index (κ3) is 1.68. The molecule has 1 aliphatic heterocycles. The van der Waals surface area contributed by atoms with Crippen molar-refractivity contribution in [2.45, 2.75) is 19.8 Å². The first kappa shape index (κ1) is 11.0. The van der Waals surface area contributed by atoms with E-state index in [2.05, 4.69) is 15.8 Å². The lowest BCUT2D eigenvalue weighted by Gasteiger charge is -2.17. The fourth-order valence-electron chi connectivity index (χ4n) is 2.64. The molecule has 0 spiro atoms. The van der Waals surface area contributed by atoms with Gasteiger partial charge >= 0.3 is 0 Å². The Kier molecular flexibility index (Phi) is 2.40. The first-order valence-electron chi connectivity index (χ1n) is 5.91. The highest BCUT2D eigenvalue weighted by Gasteiger charge is 2.34. The van der Waals surface area contributed by atoms with E-state index in [-0.39, 0.29) is 17.7 Å². The summed E-state index contributed by atoms with van der Waals surface area (Å²) in [5, 5.41) is 6.96. The second-order valence-corrected chi connectivity index (χ2v) is 4.66. The monoisotopic (exact) mass is 243 g/mol. The topological polar surface area (TPSA) is 70.6 Å². The zero-order chi connectivity index (χ0) is 12.7. The van der Waals surface area contributed by atoms with E-state index in [9.17, 15) is 9.59 Å². The Balaban J connectivity index is 2.07. The lowest BCUT2D eigenvalue weighted by Crippen LogP contribution is -2.31. The maximum absolute atomic E-state index is 11.3. The Labute approximate surface area is 104 Å². The molecular formula is C13H13N3O2. The van der Waals surface area contributed by atoms with E-state index >= 15 is 0 Å². The van der Waals surface area contributed by atoms with Crippen molar-refractivity contribution >= 4 is 23.2 Å². The number of rotatable bonds is 1. The molecule has 0 aromatic heterocycles. The number of fused-ring (bicyclic) bond motifs is 3. The van der Waals surface area contributed by atoms with Crippen LogP contribution in [0, 0.1) is 5.92 Å². The van der Waals surface area contributed by atoms with Crippen LogP contribution >= 0.6 is 0 Å². The third-order valence-corrected chi connectivity index (χ3v) is 3.30. The van der Waals surface area contributed by atoms with Crippen LogP contribution in [0.5, 0.6) is 0 Å². The lowest BCUT2D eigenvalue weighted by atomic mass is 9.98. The van der Waals surface area contributed by atoms with Crippen LogP contribution in [0.15, 0.2) is 23.3 Å². The number of hydrogen-bond acceptors (Lipinski definition) is 3. The minimum Gasteiger partial charge on any atom is -0.326 e. The SMILES string of the molecule is CC(=O)Nc1cccc2c1C1=NNC(=O)CC1C2. The van der Waals surface area contributed by atoms with Gasteiger partial charge in [-0.2, -0.15) is 5.10 Å². The van der Waals surface area contributed by atoms with Gasteiger partial charge in [0, 0.05) is 24.8 Å². The van der Waals surface area contributed by atoms with Gasteiger partial charge < -0.3 is 5.32 Å². The number of benzene rings is 1. The van der Waals surface area contributed by atoms with Crippen LogP contribution in [0.2, 0.25) is 0 Å². The summed E-state index contributed by atoms with van der Waals surface area (Å²) >= 11 is 0. The molecule has 1 unspecified atom stereocenters. The molecule has 2 amide bonds. The molecule has 0 saturated heterocycles. The molecule has 3 rings (SSSR count). The molecule has 18 heavy (non-hydrogen) atoms. The number of nitrogens with zero attached hydrogens (tertiary/aromatic N) is 1. The summed E-state index contributed by atoms with van der Waals surface area (Å²) in [4.78, 5) is 22.5. The van der Waals surface area contributed by atoms with E-state index in [1.165, 1.54) is 6.92 Å². The van der Waals surface area contributed by atoms with Crippen molar-refractivity contribution in [1.82, 2.24) is 5.43 Å². The third-order valence-electron chi connectivity index (χ3n) is 3.30. The summed E-state index contributed by atoms with van der Waals surface area (Å²) in [5.41, 5.74) is 6.28. The van der Waals surface area contributed by atoms with Gasteiger partial charge in [0.1, 0.15) is 0 Å². The van der Waals surface area contributed by atoms with Gasteiger partial charge in [-0.1, -0.05) is 12.1 Å². The van der Waals surface area contributed by atoms with Crippen LogP contribution in [0.1, 0.15) is 24.5 Å². The highest BCUT2D eigenvalue weighted by Crippen LogP contribution is 2.35. The molecule has 0 bridgehead atoms. The molecule has 2 N–H and O–H groups in total. The van der Waals surface area contributed by atoms with Gasteiger partial charge in [0.05, 0.1) is 11.4 Å². The van der Waals surface area contributed by atoms with Crippen molar-refractivity contribution in [2.75, 3.05) is 5.32 Å². The minimum absolute atomic E-state index is 0.0439. The summed E-state index contributed by atoms with van der Waals surface area (Å²) < 4.78 is 0. The molecule has 1 aromatic carbocycles. The molecule has 2 aliphatic rings. The summed E-state index contributed by atoms with van der Waals surface area (Å²) in [6.45, 7) is 1.48. The van der Waals surface area contributed by atoms with Gasteiger partial charge in [-0.25, -0.2) is 5.43 Å². The summed E-state index contributed by atoms with van der Waals surface area (Å²) in [6.07, 6.45) is 1.28. The van der Waals surface area contributed by atoms with E-state index in [1.807, 2.05) is 18.2 Å². The lowest BCUT2D eigenvalue weighted by molar-refractivity contribution is -0.122. The molecule has 1 aromatic rings. The van der Waals surface area contributed by atoms with Crippen LogP contribution in [0.3, 0.4) is 0 Å². The van der Waals surface area contributed by atoms with E-state index < -0.39 is 0 Å². The average molecular weight is 243 g/mol. The number of carbonyl (C=O) groups is 2. The molecule has 0 fully saturated rings. The van der Waals surface area contributed by atoms with Crippen LogP contribution in [-0.2, 0) is 16.0 Å². The van der Waals surface area contributed by atoms with Crippen molar-refractivity contribution in [2.24, 2.45) is 11.0 Å². The van der Waals surface area contributed by atoms with E-state index in [1.54, 1.807) is 0 Å². The molecule has 1 aliphatic carbocycles. The number of hydrazone groups is 1. The van der Waals surface area contributed by atoms with Crippen molar-refractivity contribution in [1.29, 1.82) is 0 Å². The van der Waals surface area contributed by atoms with Gasteiger partial charge in [0.25, 0.3) is 0 Å². The average Bonchev–Trinajstić information content (AvgIpc) is 2.66. The van der Waals surface area contributed by atoms with E-state index in [0.29, 0.717) is 6.42 Å². The van der Waals surface area contributed by atoms with Crippen LogP contribution in [0.4, 0.5) is 5.69 Å². The first-order chi connectivity index (χ1) is 8.65. The van der Waals surface area contributed by atoms with Crippen molar-refractivity contribution < 1.29 is 9.59 Å². The number of nitrogens with one attached hydrogen (secondary N) is 2. The van der Waals surface area contributed by atoms with Gasteiger partial charge in [-0.05, 0) is 18.1 Å². The first-order valence-corrected chi connectivity index (χ1v) is 5.91. The van der Waals surface area contributed by atoms with Crippen LogP contribution in [-0.4, -0.2) is 17.5 Å². The fraction of sp³-hybridized carbons (Fsp3) is 0.308. The molecule has 0 saturated carbocycles. The smallest absolute Gasteiger partial charge is 0.240 e. The Morgan fingerprint density at radius 2 is 2.28 bits per heavy atom. The largest absolute Gasteiger partial charge is 0.326 e. The number of carbonyl (C=O) groups excluding carboxylic acids is 2. The Morgan fingerprint density at radius 3 is 3.06 bits per heavy atom. The molecular weight excluding hydrogens is 230 g/mol. The Morgan fingerprint density at radius 1 is 1.44 bits per heavy atom. The number of hydrogen-bond donors (Lipinski definition) is 2. The van der Waals surface area contributed by atoms with Crippen molar-refractivity contribution in [3.8, 4) is 0 Å². The van der Waals surface area contributed by atoms with Gasteiger partial charge in [0.2, 0.25) is 11.8 Å². The molecule has 5 nitrogen and oxygen atoms in total. The highest BCUT2D eigenvalue weighted by molar-refractivity contribution is 6.14. The van der Waals surface area contributed by atoms with Crippen molar-refractivity contribution in [3.63, 3.8) is 0 Å². The molecule has 5 heteroatoms. The summed E-state index contributed by atoms with van der Waals surface area (Å²) in [7, 11) is 0. The van der Waals surface area contributed by atoms with Gasteiger partial charge in [0.15, 0.2) is 0 Å². The Bertz CT molecular complexity index is 578. The minimum atomic E-state index is -0.104. The summed E-state index contributed by atoms with van der Waals surface area (Å²) in [6, 6.07) is 5.80. The van der Waals surface area contributed by atoms with Gasteiger partial charge in [-0.3, -0.25) is 9.59 Å². The zero-order valence-electron chi connectivity index (χ0n) is 9.99. The highest BCUT2D eigenvalue weighted by atomic mass is 16.2. The second kappa shape index (κ2) is 3.94. The van der Waals surface area contributed by atoms with E-state index in [4.69, 9.17) is 0 Å². The van der Waals surface area contributed by atoms with Gasteiger partial charge in [-0.15, -0.1) is 0 Å². The number of amides is 2. The standard InChI is InChI=1S/C13H13N3O2/c1-7(17)14-10-4-2-3-8-5-9-6-11(18)15-16-13(9)12(8)10/h2-4,9H,5-6H2,1H3,(H,14,17)(H,15,18). The van der Waals surface area contributed by atoms with Crippen LogP contribution < -0.4 is 10.7 Å². The summed E-state index contributed by atoms with van der Waals surface area (Å²) in [5.74, 6) is -0.00594. The van der Waals surface area contributed by atoms with E-state index in [0.717, 1.165) is 28.9 Å². The fourth-order valence-corrected chi connectivity index (χ4v) is 2.64. The molecule has 92 valence electrons. The maximum atomic E-state index is 11.3. The molecule has 0 radical (unpaired) electrons. The zero-order valence-corrected chi connectivity index (χ0v) is 9.99. The molecule has 1 heterocycles.